The van der Waals surface area contributed by atoms with Gasteiger partial charge < -0.3 is 11.1 Å². The molecule has 0 heterocycles. The van der Waals surface area contributed by atoms with Crippen LogP contribution < -0.4 is 11.1 Å². The molecule has 7 heteroatoms. The van der Waals surface area contributed by atoms with Crippen molar-refractivity contribution in [2.45, 2.75) is 35.4 Å². The van der Waals surface area contributed by atoms with Crippen molar-refractivity contribution in [1.29, 1.82) is 0 Å². The second-order valence-electron chi connectivity index (χ2n) is 5.55. The lowest BCUT2D eigenvalue weighted by Crippen LogP contribution is -2.22. The SMILES string of the molecule is CSC1CCC(Nc2ccc(S(=O)(=O)N(C)C)cc2N)C1. The molecule has 0 saturated heterocycles. The van der Waals surface area contributed by atoms with Crippen molar-refractivity contribution in [3.05, 3.63) is 18.2 Å². The molecule has 2 unspecified atom stereocenters. The topological polar surface area (TPSA) is 75.4 Å². The van der Waals surface area contributed by atoms with Crippen LogP contribution in [0.3, 0.4) is 0 Å². The summed E-state index contributed by atoms with van der Waals surface area (Å²) in [6, 6.07) is 5.31. The highest BCUT2D eigenvalue weighted by molar-refractivity contribution is 7.99. The zero-order chi connectivity index (χ0) is 15.6. The summed E-state index contributed by atoms with van der Waals surface area (Å²) in [7, 11) is -0.409. The molecule has 2 atom stereocenters. The van der Waals surface area contributed by atoms with Gasteiger partial charge in [0.1, 0.15) is 0 Å². The summed E-state index contributed by atoms with van der Waals surface area (Å²) in [5.41, 5.74) is 7.31. The standard InChI is InChI=1S/C14H23N3O2S2/c1-17(2)21(18,19)12-6-7-14(13(15)9-12)16-10-4-5-11(8-10)20-3/h6-7,9-11,16H,4-5,8,15H2,1-3H3. The van der Waals surface area contributed by atoms with E-state index in [1.807, 2.05) is 11.8 Å². The van der Waals surface area contributed by atoms with E-state index in [-0.39, 0.29) is 4.90 Å². The van der Waals surface area contributed by atoms with Crippen LogP contribution in [0.5, 0.6) is 0 Å². The minimum atomic E-state index is -3.43. The molecule has 0 spiro atoms. The smallest absolute Gasteiger partial charge is 0.242 e. The van der Waals surface area contributed by atoms with E-state index in [9.17, 15) is 8.42 Å². The summed E-state index contributed by atoms with van der Waals surface area (Å²) in [5.74, 6) is 0. The molecule has 1 aliphatic carbocycles. The Balaban J connectivity index is 2.14. The number of rotatable bonds is 5. The second kappa shape index (κ2) is 6.46. The molecule has 0 radical (unpaired) electrons. The average Bonchev–Trinajstić information content (AvgIpc) is 2.88. The maximum absolute atomic E-state index is 12.1. The quantitative estimate of drug-likeness (QED) is 0.810. The lowest BCUT2D eigenvalue weighted by Gasteiger charge is -2.18. The number of anilines is 2. The third-order valence-corrected chi connectivity index (χ3v) is 6.78. The molecule has 1 aromatic carbocycles. The zero-order valence-corrected chi connectivity index (χ0v) is 14.3. The molecular formula is C14H23N3O2S2. The van der Waals surface area contributed by atoms with Gasteiger partial charge in [-0.05, 0) is 43.7 Å². The van der Waals surface area contributed by atoms with E-state index in [2.05, 4.69) is 11.6 Å². The van der Waals surface area contributed by atoms with Crippen LogP contribution in [0.15, 0.2) is 23.1 Å². The van der Waals surface area contributed by atoms with Crippen LogP contribution in [-0.2, 0) is 10.0 Å². The molecule has 3 N–H and O–H groups in total. The molecular weight excluding hydrogens is 306 g/mol. The van der Waals surface area contributed by atoms with Crippen molar-refractivity contribution in [2.24, 2.45) is 0 Å². The zero-order valence-electron chi connectivity index (χ0n) is 12.7. The van der Waals surface area contributed by atoms with E-state index < -0.39 is 10.0 Å². The maximum Gasteiger partial charge on any atom is 0.242 e. The van der Waals surface area contributed by atoms with Crippen molar-refractivity contribution in [3.63, 3.8) is 0 Å². The van der Waals surface area contributed by atoms with Gasteiger partial charge in [-0.3, -0.25) is 0 Å². The van der Waals surface area contributed by atoms with Gasteiger partial charge in [-0.1, -0.05) is 0 Å². The second-order valence-corrected chi connectivity index (χ2v) is 8.84. The highest BCUT2D eigenvalue weighted by atomic mass is 32.2. The first kappa shape index (κ1) is 16.5. The third kappa shape index (κ3) is 3.64. The Morgan fingerprint density at radius 2 is 2.05 bits per heavy atom. The number of nitrogens with two attached hydrogens (primary N) is 1. The van der Waals surface area contributed by atoms with E-state index in [1.165, 1.54) is 30.9 Å². The number of thioether (sulfide) groups is 1. The number of hydrogen-bond acceptors (Lipinski definition) is 5. The summed E-state index contributed by atoms with van der Waals surface area (Å²) in [6.45, 7) is 0. The Morgan fingerprint density at radius 1 is 1.33 bits per heavy atom. The van der Waals surface area contributed by atoms with E-state index in [0.717, 1.165) is 18.5 Å². The molecule has 1 fully saturated rings. The lowest BCUT2D eigenvalue weighted by molar-refractivity contribution is 0.521. The number of nitrogens with zero attached hydrogens (tertiary/aromatic N) is 1. The lowest BCUT2D eigenvalue weighted by atomic mass is 10.2. The highest BCUT2D eigenvalue weighted by Gasteiger charge is 2.24. The van der Waals surface area contributed by atoms with Gasteiger partial charge in [0.15, 0.2) is 0 Å². The van der Waals surface area contributed by atoms with Crippen molar-refractivity contribution in [1.82, 2.24) is 4.31 Å². The normalized spacial score (nSPS) is 22.7. The van der Waals surface area contributed by atoms with E-state index in [4.69, 9.17) is 5.73 Å². The third-order valence-electron chi connectivity index (χ3n) is 3.88. The Labute approximate surface area is 131 Å². The van der Waals surface area contributed by atoms with Crippen LogP contribution in [-0.4, -0.2) is 44.4 Å². The van der Waals surface area contributed by atoms with Gasteiger partial charge in [0.2, 0.25) is 10.0 Å². The van der Waals surface area contributed by atoms with Gasteiger partial charge in [0, 0.05) is 25.4 Å². The van der Waals surface area contributed by atoms with Gasteiger partial charge in [0.25, 0.3) is 0 Å². The van der Waals surface area contributed by atoms with Gasteiger partial charge in [0.05, 0.1) is 16.3 Å². The first-order chi connectivity index (χ1) is 9.84. The summed E-state index contributed by atoms with van der Waals surface area (Å²) >= 11 is 1.90. The highest BCUT2D eigenvalue weighted by Crippen LogP contribution is 2.32. The van der Waals surface area contributed by atoms with Crippen molar-refractivity contribution in [3.8, 4) is 0 Å². The van der Waals surface area contributed by atoms with Gasteiger partial charge in [-0.25, -0.2) is 12.7 Å². The Bertz CT molecular complexity index is 602. The number of hydrogen-bond donors (Lipinski definition) is 2. The summed E-state index contributed by atoms with van der Waals surface area (Å²) < 4.78 is 25.3. The van der Waals surface area contributed by atoms with Crippen molar-refractivity contribution >= 4 is 33.2 Å². The molecule has 0 bridgehead atoms. The molecule has 0 aromatic heterocycles. The van der Waals surface area contributed by atoms with Crippen LogP contribution in [0.25, 0.3) is 0 Å². The monoisotopic (exact) mass is 329 g/mol. The van der Waals surface area contributed by atoms with Gasteiger partial charge in [-0.2, -0.15) is 11.8 Å². The fraction of sp³-hybridized carbons (Fsp3) is 0.571. The molecule has 0 aliphatic heterocycles. The van der Waals surface area contributed by atoms with Crippen LogP contribution in [0.4, 0.5) is 11.4 Å². The Hall–Kier alpha value is -0.920. The molecule has 118 valence electrons. The fourth-order valence-electron chi connectivity index (χ4n) is 2.55. The van der Waals surface area contributed by atoms with E-state index >= 15 is 0 Å². The largest absolute Gasteiger partial charge is 0.397 e. The minimum Gasteiger partial charge on any atom is -0.397 e. The summed E-state index contributed by atoms with van der Waals surface area (Å²) in [6.07, 6.45) is 5.61. The Morgan fingerprint density at radius 3 is 2.57 bits per heavy atom. The number of nitrogens with one attached hydrogen (secondary N) is 1. The van der Waals surface area contributed by atoms with Crippen molar-refractivity contribution in [2.75, 3.05) is 31.4 Å². The van der Waals surface area contributed by atoms with Gasteiger partial charge >= 0.3 is 0 Å². The number of sulfonamides is 1. The summed E-state index contributed by atoms with van der Waals surface area (Å²) in [5, 5.41) is 4.14. The van der Waals surface area contributed by atoms with Crippen LogP contribution >= 0.6 is 11.8 Å². The van der Waals surface area contributed by atoms with Crippen molar-refractivity contribution < 1.29 is 8.42 Å². The van der Waals surface area contributed by atoms with Crippen LogP contribution in [0.1, 0.15) is 19.3 Å². The van der Waals surface area contributed by atoms with Crippen LogP contribution in [0, 0.1) is 0 Å². The minimum absolute atomic E-state index is 0.226. The summed E-state index contributed by atoms with van der Waals surface area (Å²) in [4.78, 5) is 0.226. The molecule has 1 aliphatic rings. The van der Waals surface area contributed by atoms with Crippen LogP contribution in [0.2, 0.25) is 0 Å². The molecule has 0 amide bonds. The molecule has 5 nitrogen and oxygen atoms in total. The molecule has 1 aromatic rings. The molecule has 2 rings (SSSR count). The predicted octanol–water partition coefficient (Wildman–Crippen LogP) is 2.22. The number of benzene rings is 1. The van der Waals surface area contributed by atoms with Gasteiger partial charge in [-0.15, -0.1) is 0 Å². The van der Waals surface area contributed by atoms with E-state index in [1.54, 1.807) is 12.1 Å². The predicted molar refractivity (Wildman–Crippen MR) is 90.3 cm³/mol. The first-order valence-electron chi connectivity index (χ1n) is 6.96. The molecule has 1 saturated carbocycles. The molecule has 21 heavy (non-hydrogen) atoms. The Kier molecular flexibility index (Phi) is 5.06. The van der Waals surface area contributed by atoms with E-state index in [0.29, 0.717) is 17.0 Å². The fourth-order valence-corrected chi connectivity index (χ4v) is 4.28. The number of nitrogen functional groups attached to an aromatic ring is 1. The average molecular weight is 329 g/mol. The first-order valence-corrected chi connectivity index (χ1v) is 9.68. The maximum atomic E-state index is 12.1.